The molecule has 2 aromatic rings. The molecular weight excluding hydrogens is 586 g/mol. The summed E-state index contributed by atoms with van der Waals surface area (Å²) >= 11 is 0. The third-order valence-electron chi connectivity index (χ3n) is 7.39. The Bertz CT molecular complexity index is 1700. The van der Waals surface area contributed by atoms with Gasteiger partial charge in [0.1, 0.15) is 17.1 Å². The normalized spacial score (nSPS) is 14.8. The lowest BCUT2D eigenvalue weighted by atomic mass is 9.70. The van der Waals surface area contributed by atoms with Crippen molar-refractivity contribution in [2.45, 2.75) is 40.5 Å². The molecule has 2 amide bonds. The number of anilines is 2. The van der Waals surface area contributed by atoms with Gasteiger partial charge in [-0.25, -0.2) is 0 Å². The van der Waals surface area contributed by atoms with Crippen molar-refractivity contribution in [1.82, 2.24) is 5.32 Å². The molecule has 2 aliphatic carbocycles. The second-order valence-electron chi connectivity index (χ2n) is 11.1. The van der Waals surface area contributed by atoms with Crippen LogP contribution >= 0.6 is 0 Å². The number of carbonyl (C=O) groups is 6. The number of ether oxygens (including phenoxy) is 4. The number of nitrogens with zero attached hydrogens (tertiary/aromatic N) is 2. The number of ketones is 1. The van der Waals surface area contributed by atoms with Gasteiger partial charge in [0, 0.05) is 67.1 Å². The predicted octanol–water partition coefficient (Wildman–Crippen LogP) is 2.84. The number of amides is 2. The zero-order valence-corrected chi connectivity index (χ0v) is 26.6. The van der Waals surface area contributed by atoms with Gasteiger partial charge in [0.2, 0.25) is 5.91 Å². The van der Waals surface area contributed by atoms with E-state index in [1.165, 1.54) is 7.11 Å². The third-order valence-corrected chi connectivity index (χ3v) is 7.39. The highest BCUT2D eigenvalue weighted by Gasteiger charge is 2.45. The number of hydrogen-bond acceptors (Lipinski definition) is 12. The average Bonchev–Trinajstić information content (AvgIpc) is 2.90. The molecule has 4 rings (SSSR count). The largest absolute Gasteiger partial charge is 0.496 e. The molecular formula is C32H35N3O10. The van der Waals surface area contributed by atoms with Crippen LogP contribution in [-0.4, -0.2) is 70.8 Å². The van der Waals surface area contributed by atoms with Crippen LogP contribution < -0.4 is 29.3 Å². The molecule has 0 bridgehead atoms. The molecule has 45 heavy (non-hydrogen) atoms. The van der Waals surface area contributed by atoms with Crippen LogP contribution in [0.5, 0.6) is 17.2 Å². The quantitative estimate of drug-likeness (QED) is 0.357. The first-order chi connectivity index (χ1) is 21.1. The summed E-state index contributed by atoms with van der Waals surface area (Å²) in [5, 5.41) is 2.13. The number of rotatable bonds is 7. The number of esters is 3. The number of fused-ring (bicyclic) bond motifs is 3. The molecule has 1 atom stereocenters. The summed E-state index contributed by atoms with van der Waals surface area (Å²) in [6, 6.07) is 3.53. The molecule has 0 spiro atoms. The molecule has 0 saturated carbocycles. The molecule has 2 aliphatic rings. The van der Waals surface area contributed by atoms with Gasteiger partial charge in [-0.2, -0.15) is 0 Å². The average molecular weight is 622 g/mol. The second kappa shape index (κ2) is 12.4. The van der Waals surface area contributed by atoms with Crippen molar-refractivity contribution in [1.29, 1.82) is 0 Å². The van der Waals surface area contributed by atoms with Gasteiger partial charge >= 0.3 is 17.9 Å². The van der Waals surface area contributed by atoms with Crippen LogP contribution in [0.15, 0.2) is 17.7 Å². The lowest BCUT2D eigenvalue weighted by Gasteiger charge is -2.37. The fourth-order valence-corrected chi connectivity index (χ4v) is 5.99. The summed E-state index contributed by atoms with van der Waals surface area (Å²) < 4.78 is 22.5. The first kappa shape index (κ1) is 32.7. The Morgan fingerprint density at radius 2 is 1.36 bits per heavy atom. The van der Waals surface area contributed by atoms with Crippen LogP contribution in [0.2, 0.25) is 0 Å². The van der Waals surface area contributed by atoms with Gasteiger partial charge in [0.15, 0.2) is 17.3 Å². The van der Waals surface area contributed by atoms with Crippen molar-refractivity contribution in [2.24, 2.45) is 5.92 Å². The summed E-state index contributed by atoms with van der Waals surface area (Å²) in [6.07, 6.45) is 0.464. The van der Waals surface area contributed by atoms with E-state index < -0.39 is 52.7 Å². The molecule has 1 unspecified atom stereocenters. The fraction of sp³-hybridized carbons (Fsp3) is 0.375. The van der Waals surface area contributed by atoms with Crippen LogP contribution in [0, 0.1) is 5.92 Å². The Labute approximate surface area is 260 Å². The second-order valence-corrected chi connectivity index (χ2v) is 11.1. The van der Waals surface area contributed by atoms with Gasteiger partial charge in [0.05, 0.1) is 23.9 Å². The van der Waals surface area contributed by atoms with Crippen LogP contribution in [0.25, 0.3) is 5.76 Å². The van der Waals surface area contributed by atoms with Crippen molar-refractivity contribution in [3.63, 3.8) is 0 Å². The zero-order chi connectivity index (χ0) is 33.5. The van der Waals surface area contributed by atoms with E-state index in [9.17, 15) is 28.8 Å². The standard InChI is InChI=1S/C32H35N3O10/c1-14(36)33-32(41)26-30(44-16(3)38)25-20(27(35(7)8)31(26)45-17(4)39)13-18-12-19-21(34(5)6)10-11-22(42-9)24(19)28(40)23(18)29(25)43-15(2)37/h10-11,18H,12-13H2,1-9H3,(H,33,36,41). The Morgan fingerprint density at radius 3 is 1.87 bits per heavy atom. The van der Waals surface area contributed by atoms with E-state index in [4.69, 9.17) is 18.9 Å². The molecule has 0 saturated heterocycles. The van der Waals surface area contributed by atoms with E-state index in [0.29, 0.717) is 17.7 Å². The van der Waals surface area contributed by atoms with Crippen molar-refractivity contribution in [3.8, 4) is 17.2 Å². The van der Waals surface area contributed by atoms with Crippen molar-refractivity contribution < 1.29 is 47.7 Å². The maximum atomic E-state index is 14.5. The molecule has 238 valence electrons. The van der Waals surface area contributed by atoms with E-state index in [0.717, 1.165) is 38.9 Å². The van der Waals surface area contributed by atoms with Crippen molar-refractivity contribution >= 4 is 52.6 Å². The summed E-state index contributed by atoms with van der Waals surface area (Å²) in [4.78, 5) is 81.1. The highest BCUT2D eigenvalue weighted by atomic mass is 16.6. The first-order valence-corrected chi connectivity index (χ1v) is 14.0. The maximum Gasteiger partial charge on any atom is 0.308 e. The maximum absolute atomic E-state index is 14.5. The lowest BCUT2D eigenvalue weighted by molar-refractivity contribution is -0.134. The Morgan fingerprint density at radius 1 is 0.778 bits per heavy atom. The summed E-state index contributed by atoms with van der Waals surface area (Å²) in [5.41, 5.74) is 2.05. The molecule has 0 radical (unpaired) electrons. The minimum atomic E-state index is -1.05. The number of carbonyl (C=O) groups excluding carboxylic acids is 6. The van der Waals surface area contributed by atoms with Crippen LogP contribution in [0.4, 0.5) is 11.4 Å². The minimum absolute atomic E-state index is 0.0283. The van der Waals surface area contributed by atoms with Crippen LogP contribution in [0.1, 0.15) is 65.1 Å². The van der Waals surface area contributed by atoms with Crippen LogP contribution in [0.3, 0.4) is 0 Å². The number of benzene rings is 2. The Hall–Kier alpha value is -5.20. The molecule has 2 aromatic carbocycles. The predicted molar refractivity (Wildman–Crippen MR) is 163 cm³/mol. The van der Waals surface area contributed by atoms with Gasteiger partial charge in [-0.05, 0) is 42.0 Å². The number of hydrogen-bond donors (Lipinski definition) is 1. The number of methoxy groups -OCH3 is 1. The Balaban J connectivity index is 2.24. The molecule has 0 fully saturated rings. The highest BCUT2D eigenvalue weighted by Crippen LogP contribution is 2.54. The monoisotopic (exact) mass is 621 g/mol. The van der Waals surface area contributed by atoms with E-state index in [2.05, 4.69) is 5.32 Å². The van der Waals surface area contributed by atoms with E-state index in [-0.39, 0.29) is 40.3 Å². The van der Waals surface area contributed by atoms with Gasteiger partial charge in [-0.3, -0.25) is 34.1 Å². The third kappa shape index (κ3) is 5.97. The van der Waals surface area contributed by atoms with Gasteiger partial charge in [-0.15, -0.1) is 0 Å². The SMILES string of the molecule is COc1ccc(N(C)C)c2c1C(=O)C1=C(OC(C)=O)c3c(c(N(C)C)c(OC(C)=O)c(C(=O)NC(C)=O)c3OC(C)=O)CC1C2. The number of nitrogens with one attached hydrogen (secondary N) is 1. The van der Waals surface area contributed by atoms with E-state index in [1.807, 2.05) is 25.1 Å². The first-order valence-electron chi connectivity index (χ1n) is 14.0. The van der Waals surface area contributed by atoms with E-state index in [1.54, 1.807) is 25.1 Å². The lowest BCUT2D eigenvalue weighted by Crippen LogP contribution is -2.35. The molecule has 13 heteroatoms. The molecule has 1 N–H and O–H groups in total. The summed E-state index contributed by atoms with van der Waals surface area (Å²) in [5.74, 6) is -5.86. The van der Waals surface area contributed by atoms with Gasteiger partial charge < -0.3 is 28.7 Å². The fourth-order valence-electron chi connectivity index (χ4n) is 5.99. The number of Topliss-reactive ketones (excluding diaryl/α,β-unsaturated/α-hetero) is 1. The number of allylic oxidation sites excluding steroid dienone is 1. The van der Waals surface area contributed by atoms with Gasteiger partial charge in [0.25, 0.3) is 5.91 Å². The molecule has 13 nitrogen and oxygen atoms in total. The zero-order valence-electron chi connectivity index (χ0n) is 26.6. The highest BCUT2D eigenvalue weighted by molar-refractivity contribution is 6.19. The molecule has 0 aromatic heterocycles. The molecule has 0 aliphatic heterocycles. The van der Waals surface area contributed by atoms with Gasteiger partial charge in [-0.1, -0.05) is 0 Å². The topological polar surface area (TPSA) is 158 Å². The Kier molecular flexibility index (Phi) is 9.03. The molecule has 0 heterocycles. The minimum Gasteiger partial charge on any atom is -0.496 e. The van der Waals surface area contributed by atoms with Crippen molar-refractivity contribution in [2.75, 3.05) is 45.1 Å². The van der Waals surface area contributed by atoms with Crippen LogP contribution in [-0.2, 0) is 36.8 Å². The smallest absolute Gasteiger partial charge is 0.308 e. The summed E-state index contributed by atoms with van der Waals surface area (Å²) in [7, 11) is 8.43. The van der Waals surface area contributed by atoms with Crippen molar-refractivity contribution in [3.05, 3.63) is 45.5 Å². The summed E-state index contributed by atoms with van der Waals surface area (Å²) in [6.45, 7) is 4.47. The number of imide groups is 1. The van der Waals surface area contributed by atoms with E-state index >= 15 is 0 Å².